The Balaban J connectivity index is 2.25. The largest absolute Gasteiger partial charge is 0.367 e. The smallest absolute Gasteiger partial charge is 0.240 e. The standard InChI is InChI=1S/C16H15ClN2O2/c1-19-14-8-7-12(17)9-13(14)16(21,18-10-15(19)20)11-5-3-2-4-6-11/h2-9,18,21H,10H2,1H3. The van der Waals surface area contributed by atoms with Gasteiger partial charge in [-0.25, -0.2) is 0 Å². The molecule has 0 fully saturated rings. The summed E-state index contributed by atoms with van der Waals surface area (Å²) in [7, 11) is 1.69. The Kier molecular flexibility index (Phi) is 3.45. The van der Waals surface area contributed by atoms with Crippen LogP contribution in [0.1, 0.15) is 11.1 Å². The second-order valence-electron chi connectivity index (χ2n) is 5.04. The zero-order valence-electron chi connectivity index (χ0n) is 11.5. The molecule has 1 aliphatic heterocycles. The van der Waals surface area contributed by atoms with Crippen LogP contribution in [0.25, 0.3) is 0 Å². The predicted octanol–water partition coefficient (Wildman–Crippen LogP) is 2.10. The molecule has 3 rings (SSSR count). The number of anilines is 1. The van der Waals surface area contributed by atoms with Gasteiger partial charge in [0.25, 0.3) is 0 Å². The molecule has 1 unspecified atom stereocenters. The van der Waals surface area contributed by atoms with E-state index in [1.165, 1.54) is 4.90 Å². The second-order valence-corrected chi connectivity index (χ2v) is 5.48. The number of halogens is 1. The molecule has 5 heteroatoms. The number of benzene rings is 2. The van der Waals surface area contributed by atoms with Crippen LogP contribution in [0.2, 0.25) is 5.02 Å². The highest BCUT2D eigenvalue weighted by atomic mass is 35.5. The Morgan fingerprint density at radius 2 is 1.95 bits per heavy atom. The van der Waals surface area contributed by atoms with Crippen molar-refractivity contribution < 1.29 is 9.90 Å². The van der Waals surface area contributed by atoms with E-state index in [9.17, 15) is 9.90 Å². The van der Waals surface area contributed by atoms with Gasteiger partial charge in [-0.3, -0.25) is 10.1 Å². The summed E-state index contributed by atoms with van der Waals surface area (Å²) >= 11 is 6.09. The highest BCUT2D eigenvalue weighted by Gasteiger charge is 2.38. The van der Waals surface area contributed by atoms with Gasteiger partial charge >= 0.3 is 0 Å². The van der Waals surface area contributed by atoms with Gasteiger partial charge in [-0.15, -0.1) is 0 Å². The average molecular weight is 303 g/mol. The summed E-state index contributed by atoms with van der Waals surface area (Å²) in [5.41, 5.74) is 0.411. The molecule has 0 spiro atoms. The fourth-order valence-corrected chi connectivity index (χ4v) is 2.75. The number of amides is 1. The highest BCUT2D eigenvalue weighted by Crippen LogP contribution is 2.37. The van der Waals surface area contributed by atoms with E-state index in [2.05, 4.69) is 5.32 Å². The molecule has 21 heavy (non-hydrogen) atoms. The molecule has 0 bridgehead atoms. The lowest BCUT2D eigenvalue weighted by Gasteiger charge is -2.30. The molecule has 2 aromatic rings. The number of carbonyl (C=O) groups excluding carboxylic acids is 1. The average Bonchev–Trinajstić information content (AvgIpc) is 2.60. The van der Waals surface area contributed by atoms with E-state index >= 15 is 0 Å². The Morgan fingerprint density at radius 1 is 1.24 bits per heavy atom. The summed E-state index contributed by atoms with van der Waals surface area (Å²) in [6.45, 7) is 0.0359. The molecule has 1 heterocycles. The van der Waals surface area contributed by atoms with Crippen LogP contribution in [0.15, 0.2) is 48.5 Å². The maximum absolute atomic E-state index is 12.1. The molecule has 1 aliphatic rings. The third-order valence-corrected chi connectivity index (χ3v) is 4.01. The summed E-state index contributed by atoms with van der Waals surface area (Å²) < 4.78 is 0. The number of fused-ring (bicyclic) bond motifs is 1. The number of nitrogens with one attached hydrogen (secondary N) is 1. The molecule has 1 amide bonds. The lowest BCUT2D eigenvalue weighted by atomic mass is 9.93. The van der Waals surface area contributed by atoms with Crippen LogP contribution in [0.5, 0.6) is 0 Å². The number of nitrogens with zero attached hydrogens (tertiary/aromatic N) is 1. The van der Waals surface area contributed by atoms with Crippen molar-refractivity contribution in [2.75, 3.05) is 18.5 Å². The van der Waals surface area contributed by atoms with Crippen LogP contribution < -0.4 is 10.2 Å². The SMILES string of the molecule is CN1C(=O)CNC(O)(c2ccccc2)c2cc(Cl)ccc21. The molecule has 2 aromatic carbocycles. The summed E-state index contributed by atoms with van der Waals surface area (Å²) in [6, 6.07) is 14.3. The monoisotopic (exact) mass is 302 g/mol. The van der Waals surface area contributed by atoms with E-state index in [1.807, 2.05) is 30.3 Å². The summed E-state index contributed by atoms with van der Waals surface area (Å²) in [6.07, 6.45) is 0. The molecule has 1 atom stereocenters. The van der Waals surface area contributed by atoms with Gasteiger partial charge < -0.3 is 10.0 Å². The van der Waals surface area contributed by atoms with Gasteiger partial charge in [0.2, 0.25) is 5.91 Å². The molecule has 0 saturated carbocycles. The van der Waals surface area contributed by atoms with Crippen LogP contribution >= 0.6 is 11.6 Å². The molecule has 0 saturated heterocycles. The van der Waals surface area contributed by atoms with Crippen molar-refractivity contribution in [1.29, 1.82) is 0 Å². The van der Waals surface area contributed by atoms with E-state index in [4.69, 9.17) is 11.6 Å². The molecule has 0 aliphatic carbocycles. The van der Waals surface area contributed by atoms with E-state index in [1.54, 1.807) is 25.2 Å². The number of rotatable bonds is 1. The number of hydrogen-bond acceptors (Lipinski definition) is 3. The van der Waals surface area contributed by atoms with Crippen molar-refractivity contribution in [1.82, 2.24) is 5.32 Å². The molecule has 0 aromatic heterocycles. The normalized spacial score (nSPS) is 21.9. The Labute approximate surface area is 128 Å². The second kappa shape index (κ2) is 5.15. The van der Waals surface area contributed by atoms with Crippen molar-refractivity contribution >= 4 is 23.2 Å². The zero-order valence-corrected chi connectivity index (χ0v) is 12.3. The predicted molar refractivity (Wildman–Crippen MR) is 82.3 cm³/mol. The zero-order chi connectivity index (χ0) is 15.0. The maximum atomic E-state index is 12.1. The Morgan fingerprint density at radius 3 is 2.67 bits per heavy atom. The molecule has 108 valence electrons. The first-order chi connectivity index (χ1) is 10.0. The fraction of sp³-hybridized carbons (Fsp3) is 0.188. The number of hydrogen-bond donors (Lipinski definition) is 2. The maximum Gasteiger partial charge on any atom is 0.240 e. The summed E-state index contributed by atoms with van der Waals surface area (Å²) in [4.78, 5) is 13.6. The third-order valence-electron chi connectivity index (χ3n) is 3.77. The van der Waals surface area contributed by atoms with Gasteiger partial charge in [0.15, 0.2) is 5.72 Å². The molecule has 4 nitrogen and oxygen atoms in total. The van der Waals surface area contributed by atoms with Crippen molar-refractivity contribution in [2.45, 2.75) is 5.72 Å². The van der Waals surface area contributed by atoms with Crippen molar-refractivity contribution in [2.24, 2.45) is 0 Å². The fourth-order valence-electron chi connectivity index (χ4n) is 2.58. The van der Waals surface area contributed by atoms with E-state index < -0.39 is 5.72 Å². The van der Waals surface area contributed by atoms with Gasteiger partial charge in [-0.1, -0.05) is 41.9 Å². The van der Waals surface area contributed by atoms with Crippen LogP contribution in [0.3, 0.4) is 0 Å². The molecule has 2 N–H and O–H groups in total. The van der Waals surface area contributed by atoms with Gasteiger partial charge in [0, 0.05) is 23.2 Å². The van der Waals surface area contributed by atoms with Crippen molar-refractivity contribution in [3.05, 3.63) is 64.7 Å². The van der Waals surface area contributed by atoms with Gasteiger partial charge in [-0.05, 0) is 18.2 Å². The van der Waals surface area contributed by atoms with Crippen LogP contribution in [-0.2, 0) is 10.5 Å². The molecule has 0 radical (unpaired) electrons. The van der Waals surface area contributed by atoms with E-state index in [0.29, 0.717) is 21.8 Å². The molecular weight excluding hydrogens is 288 g/mol. The lowest BCUT2D eigenvalue weighted by Crippen LogP contribution is -2.44. The third kappa shape index (κ3) is 2.31. The first kappa shape index (κ1) is 14.1. The summed E-state index contributed by atoms with van der Waals surface area (Å²) in [5, 5.41) is 14.6. The number of aliphatic hydroxyl groups is 1. The molecular formula is C16H15ClN2O2. The van der Waals surface area contributed by atoms with Gasteiger partial charge in [-0.2, -0.15) is 0 Å². The first-order valence-corrected chi connectivity index (χ1v) is 6.99. The van der Waals surface area contributed by atoms with Gasteiger partial charge in [0.1, 0.15) is 0 Å². The first-order valence-electron chi connectivity index (χ1n) is 6.62. The topological polar surface area (TPSA) is 52.6 Å². The highest BCUT2D eigenvalue weighted by molar-refractivity contribution is 6.30. The lowest BCUT2D eigenvalue weighted by molar-refractivity contribution is -0.118. The van der Waals surface area contributed by atoms with E-state index in [0.717, 1.165) is 0 Å². The number of carbonyl (C=O) groups is 1. The number of likely N-dealkylation sites (N-methyl/N-ethyl adjacent to an activating group) is 1. The van der Waals surface area contributed by atoms with Crippen LogP contribution in [0.4, 0.5) is 5.69 Å². The summed E-state index contributed by atoms with van der Waals surface area (Å²) in [5.74, 6) is -0.120. The van der Waals surface area contributed by atoms with E-state index in [-0.39, 0.29) is 12.5 Å². The minimum absolute atomic E-state index is 0.0359. The quantitative estimate of drug-likeness (QED) is 0.848. The minimum Gasteiger partial charge on any atom is -0.367 e. The van der Waals surface area contributed by atoms with Crippen LogP contribution in [0, 0.1) is 0 Å². The van der Waals surface area contributed by atoms with Crippen molar-refractivity contribution in [3.8, 4) is 0 Å². The Bertz CT molecular complexity index is 690. The van der Waals surface area contributed by atoms with Crippen molar-refractivity contribution in [3.63, 3.8) is 0 Å². The Hall–Kier alpha value is -1.88. The minimum atomic E-state index is -1.46. The van der Waals surface area contributed by atoms with Crippen LogP contribution in [-0.4, -0.2) is 24.6 Å². The van der Waals surface area contributed by atoms with Gasteiger partial charge in [0.05, 0.1) is 12.2 Å².